The first kappa shape index (κ1) is 15.7. The van der Waals surface area contributed by atoms with Gasteiger partial charge in [-0.2, -0.15) is 0 Å². The van der Waals surface area contributed by atoms with Crippen LogP contribution in [0.1, 0.15) is 30.5 Å². The van der Waals surface area contributed by atoms with Gasteiger partial charge in [-0.3, -0.25) is 4.98 Å². The number of nitrogens with zero attached hydrogens (tertiary/aromatic N) is 3. The molecule has 4 N–H and O–H groups in total. The molecule has 0 spiro atoms. The van der Waals surface area contributed by atoms with Crippen molar-refractivity contribution in [3.63, 3.8) is 0 Å². The van der Waals surface area contributed by atoms with Crippen LogP contribution < -0.4 is 11.1 Å². The summed E-state index contributed by atoms with van der Waals surface area (Å²) in [5.41, 5.74) is 7.14. The van der Waals surface area contributed by atoms with Crippen LogP contribution in [0.5, 0.6) is 0 Å². The molecule has 1 aliphatic rings. The van der Waals surface area contributed by atoms with E-state index in [4.69, 9.17) is 10.9 Å². The molecule has 6 nitrogen and oxygen atoms in total. The van der Waals surface area contributed by atoms with Crippen LogP contribution in [0, 0.1) is 5.92 Å². The summed E-state index contributed by atoms with van der Waals surface area (Å²) in [7, 11) is 2.19. The van der Waals surface area contributed by atoms with Gasteiger partial charge < -0.3 is 21.2 Å². The smallest absolute Gasteiger partial charge is 0.188 e. The number of nitrogens with one attached hydrogen (secondary N) is 1. The molecule has 116 valence electrons. The van der Waals surface area contributed by atoms with Crippen molar-refractivity contribution < 1.29 is 5.21 Å². The number of hydrogen-bond acceptors (Lipinski definition) is 5. The molecule has 1 aromatic heterocycles. The lowest BCUT2D eigenvalue weighted by Crippen LogP contribution is -2.31. The zero-order valence-electron chi connectivity index (χ0n) is 12.6. The van der Waals surface area contributed by atoms with Crippen LogP contribution in [0.2, 0.25) is 0 Å². The molecule has 1 aromatic rings. The Morgan fingerprint density at radius 2 is 2.29 bits per heavy atom. The van der Waals surface area contributed by atoms with Crippen LogP contribution in [0.3, 0.4) is 0 Å². The van der Waals surface area contributed by atoms with Gasteiger partial charge in [0.2, 0.25) is 0 Å². The molecule has 1 aliphatic heterocycles. The molecule has 2 rings (SSSR count). The monoisotopic (exact) mass is 291 g/mol. The van der Waals surface area contributed by atoms with Gasteiger partial charge in [0.15, 0.2) is 5.84 Å². The molecule has 6 heteroatoms. The third-order valence-corrected chi connectivity index (χ3v) is 4.09. The fourth-order valence-corrected chi connectivity index (χ4v) is 2.67. The quantitative estimate of drug-likeness (QED) is 0.239. The molecule has 0 saturated carbocycles. The molecular formula is C15H25N5O. The first-order valence-corrected chi connectivity index (χ1v) is 7.51. The minimum atomic E-state index is 0.0446. The maximum absolute atomic E-state index is 8.66. The van der Waals surface area contributed by atoms with E-state index in [1.165, 1.54) is 32.4 Å². The Labute approximate surface area is 126 Å². The number of piperidine rings is 1. The highest BCUT2D eigenvalue weighted by molar-refractivity contribution is 5.95. The highest BCUT2D eigenvalue weighted by Gasteiger charge is 2.15. The molecule has 2 heterocycles. The van der Waals surface area contributed by atoms with Gasteiger partial charge in [-0.1, -0.05) is 5.16 Å². The molecular weight excluding hydrogens is 266 g/mol. The normalized spacial score (nSPS) is 18.0. The number of aromatic nitrogens is 1. The van der Waals surface area contributed by atoms with Gasteiger partial charge in [0.05, 0.1) is 0 Å². The fourth-order valence-electron chi connectivity index (χ4n) is 2.67. The van der Waals surface area contributed by atoms with Crippen LogP contribution in [0.15, 0.2) is 23.5 Å². The van der Waals surface area contributed by atoms with Crippen molar-refractivity contribution in [1.29, 1.82) is 0 Å². The SMILES string of the molecule is CN1CCC(CCNCc2ccnc(/C(N)=N/O)c2)CC1. The number of hydrogen-bond donors (Lipinski definition) is 3. The Bertz CT molecular complexity index is 469. The van der Waals surface area contributed by atoms with Gasteiger partial charge in [-0.25, -0.2) is 0 Å². The Hall–Kier alpha value is -1.66. The summed E-state index contributed by atoms with van der Waals surface area (Å²) in [6.07, 6.45) is 5.52. The maximum Gasteiger partial charge on any atom is 0.188 e. The van der Waals surface area contributed by atoms with Crippen molar-refractivity contribution in [3.8, 4) is 0 Å². The van der Waals surface area contributed by atoms with E-state index >= 15 is 0 Å². The summed E-state index contributed by atoms with van der Waals surface area (Å²) >= 11 is 0. The second-order valence-corrected chi connectivity index (χ2v) is 5.75. The number of pyridine rings is 1. The van der Waals surface area contributed by atoms with Crippen LogP contribution in [0.25, 0.3) is 0 Å². The summed E-state index contributed by atoms with van der Waals surface area (Å²) < 4.78 is 0. The maximum atomic E-state index is 8.66. The second kappa shape index (κ2) is 7.95. The molecule has 21 heavy (non-hydrogen) atoms. The van der Waals surface area contributed by atoms with Gasteiger partial charge in [-0.15, -0.1) is 0 Å². The van der Waals surface area contributed by atoms with E-state index in [2.05, 4.69) is 27.4 Å². The molecule has 0 bridgehead atoms. The van der Waals surface area contributed by atoms with Crippen LogP contribution in [0.4, 0.5) is 0 Å². The Kier molecular flexibility index (Phi) is 5.95. The van der Waals surface area contributed by atoms with E-state index in [0.717, 1.165) is 24.6 Å². The average molecular weight is 291 g/mol. The third-order valence-electron chi connectivity index (χ3n) is 4.09. The topological polar surface area (TPSA) is 86.8 Å². The summed E-state index contributed by atoms with van der Waals surface area (Å²) in [6.45, 7) is 4.24. The lowest BCUT2D eigenvalue weighted by atomic mass is 9.94. The van der Waals surface area contributed by atoms with Gasteiger partial charge in [-0.05, 0) is 69.6 Å². The molecule has 0 aliphatic carbocycles. The van der Waals surface area contributed by atoms with Crippen molar-refractivity contribution >= 4 is 5.84 Å². The van der Waals surface area contributed by atoms with Crippen molar-refractivity contribution in [2.24, 2.45) is 16.8 Å². The predicted molar refractivity (Wildman–Crippen MR) is 83.3 cm³/mol. The average Bonchev–Trinajstić information content (AvgIpc) is 2.53. The summed E-state index contributed by atoms with van der Waals surface area (Å²) in [5, 5.41) is 15.1. The Morgan fingerprint density at radius 1 is 1.52 bits per heavy atom. The van der Waals surface area contributed by atoms with E-state index < -0.39 is 0 Å². The van der Waals surface area contributed by atoms with Crippen molar-refractivity contribution in [1.82, 2.24) is 15.2 Å². The first-order chi connectivity index (χ1) is 10.2. The van der Waals surface area contributed by atoms with Crippen molar-refractivity contribution in [2.45, 2.75) is 25.8 Å². The third kappa shape index (κ3) is 4.99. The van der Waals surface area contributed by atoms with E-state index in [-0.39, 0.29) is 5.84 Å². The molecule has 0 atom stereocenters. The highest BCUT2D eigenvalue weighted by atomic mass is 16.4. The number of rotatable bonds is 6. The van der Waals surface area contributed by atoms with Crippen LogP contribution >= 0.6 is 0 Å². The molecule has 0 aromatic carbocycles. The van der Waals surface area contributed by atoms with Gasteiger partial charge >= 0.3 is 0 Å². The first-order valence-electron chi connectivity index (χ1n) is 7.51. The van der Waals surface area contributed by atoms with Crippen LogP contribution in [-0.4, -0.2) is 47.6 Å². The highest BCUT2D eigenvalue weighted by Crippen LogP contribution is 2.18. The van der Waals surface area contributed by atoms with Gasteiger partial charge in [0.1, 0.15) is 5.69 Å². The largest absolute Gasteiger partial charge is 0.409 e. The predicted octanol–water partition coefficient (Wildman–Crippen LogP) is 0.998. The zero-order valence-corrected chi connectivity index (χ0v) is 12.6. The molecule has 0 amide bonds. The molecule has 0 unspecified atom stereocenters. The summed E-state index contributed by atoms with van der Waals surface area (Å²) in [5.74, 6) is 0.891. The standard InChI is InChI=1S/C15H25N5O/c1-20-8-4-12(5-9-20)2-6-17-11-13-3-7-18-14(10-13)15(16)19-21/h3,7,10,12,17,21H,2,4-6,8-9,11H2,1H3,(H2,16,19). The summed E-state index contributed by atoms with van der Waals surface area (Å²) in [6, 6.07) is 3.79. The lowest BCUT2D eigenvalue weighted by molar-refractivity contribution is 0.211. The molecule has 1 fully saturated rings. The molecule has 0 radical (unpaired) electrons. The number of likely N-dealkylation sites (tertiary alicyclic amines) is 1. The lowest BCUT2D eigenvalue weighted by Gasteiger charge is -2.28. The minimum absolute atomic E-state index is 0.0446. The second-order valence-electron chi connectivity index (χ2n) is 5.75. The summed E-state index contributed by atoms with van der Waals surface area (Å²) in [4.78, 5) is 6.47. The molecule has 1 saturated heterocycles. The minimum Gasteiger partial charge on any atom is -0.409 e. The number of nitrogens with two attached hydrogens (primary N) is 1. The number of oxime groups is 1. The Morgan fingerprint density at radius 3 is 3.00 bits per heavy atom. The zero-order chi connectivity index (χ0) is 15.1. The van der Waals surface area contributed by atoms with E-state index in [1.54, 1.807) is 6.20 Å². The fraction of sp³-hybridized carbons (Fsp3) is 0.600. The van der Waals surface area contributed by atoms with Crippen molar-refractivity contribution in [2.75, 3.05) is 26.7 Å². The Balaban J connectivity index is 1.71. The van der Waals surface area contributed by atoms with E-state index in [0.29, 0.717) is 5.69 Å². The van der Waals surface area contributed by atoms with Gasteiger partial charge in [0.25, 0.3) is 0 Å². The van der Waals surface area contributed by atoms with Gasteiger partial charge in [0, 0.05) is 12.7 Å². The van der Waals surface area contributed by atoms with E-state index in [9.17, 15) is 0 Å². The van der Waals surface area contributed by atoms with E-state index in [1.807, 2.05) is 12.1 Å². The van der Waals surface area contributed by atoms with Crippen LogP contribution in [-0.2, 0) is 6.54 Å². The number of amidine groups is 1. The van der Waals surface area contributed by atoms with Crippen molar-refractivity contribution in [3.05, 3.63) is 29.6 Å².